The van der Waals surface area contributed by atoms with E-state index in [0.717, 1.165) is 36.5 Å². The Kier molecular flexibility index (Phi) is 4.12. The summed E-state index contributed by atoms with van der Waals surface area (Å²) in [5.74, 6) is 3.42. The summed E-state index contributed by atoms with van der Waals surface area (Å²) in [6.45, 7) is 3.48. The van der Waals surface area contributed by atoms with Gasteiger partial charge in [-0.05, 0) is 42.7 Å². The third-order valence-electron chi connectivity index (χ3n) is 5.69. The molecule has 122 valence electrons. The van der Waals surface area contributed by atoms with Crippen LogP contribution in [0.5, 0.6) is 0 Å². The third kappa shape index (κ3) is 3.15. The Labute approximate surface area is 137 Å². The van der Waals surface area contributed by atoms with E-state index in [1.807, 2.05) is 36.4 Å². The summed E-state index contributed by atoms with van der Waals surface area (Å²) < 4.78 is 2.00. The summed E-state index contributed by atoms with van der Waals surface area (Å²) in [4.78, 5) is 11.5. The molecule has 2 aromatic rings. The van der Waals surface area contributed by atoms with Gasteiger partial charge in [-0.15, -0.1) is 0 Å². The maximum absolute atomic E-state index is 4.44. The molecule has 0 N–H and O–H groups in total. The van der Waals surface area contributed by atoms with Crippen molar-refractivity contribution in [1.29, 1.82) is 0 Å². The zero-order valence-electron chi connectivity index (χ0n) is 13.8. The number of hydrogen-bond acceptors (Lipinski definition) is 4. The average Bonchev–Trinajstić information content (AvgIpc) is 3.16. The van der Waals surface area contributed by atoms with Crippen molar-refractivity contribution in [2.75, 3.05) is 13.1 Å². The lowest BCUT2D eigenvalue weighted by atomic mass is 9.72. The quantitative estimate of drug-likeness (QED) is 0.869. The molecular weight excluding hydrogens is 286 g/mol. The summed E-state index contributed by atoms with van der Waals surface area (Å²) in [7, 11) is 2.04. The maximum Gasteiger partial charge on any atom is 0.128 e. The van der Waals surface area contributed by atoms with E-state index in [1.54, 1.807) is 0 Å². The van der Waals surface area contributed by atoms with Crippen molar-refractivity contribution < 1.29 is 0 Å². The highest BCUT2D eigenvalue weighted by Gasteiger charge is 2.40. The standard InChI is InChI=1S/C18H25N5/c1-22-16(6-9-21-22)12-23-11-15-5-2-4-14(17(15)13-23)10-18-19-7-3-8-20-18/h3,6-9,14-15,17H,2,4-5,10-13H2,1H3/t14-,15-,17-/m1/s1. The Hall–Kier alpha value is -1.75. The van der Waals surface area contributed by atoms with Crippen LogP contribution in [-0.2, 0) is 20.0 Å². The minimum Gasteiger partial charge on any atom is -0.297 e. The number of rotatable bonds is 4. The highest BCUT2D eigenvalue weighted by molar-refractivity contribution is 5.02. The molecule has 2 aromatic heterocycles. The number of nitrogens with zero attached hydrogens (tertiary/aromatic N) is 5. The number of hydrogen-bond donors (Lipinski definition) is 0. The van der Waals surface area contributed by atoms with Gasteiger partial charge in [-0.3, -0.25) is 9.58 Å². The van der Waals surface area contributed by atoms with E-state index in [2.05, 4.69) is 26.0 Å². The van der Waals surface area contributed by atoms with Gasteiger partial charge in [-0.1, -0.05) is 6.42 Å². The summed E-state index contributed by atoms with van der Waals surface area (Å²) in [5.41, 5.74) is 1.31. The Morgan fingerprint density at radius 3 is 2.78 bits per heavy atom. The highest BCUT2D eigenvalue weighted by atomic mass is 15.3. The van der Waals surface area contributed by atoms with Crippen molar-refractivity contribution in [3.05, 3.63) is 42.2 Å². The van der Waals surface area contributed by atoms with Gasteiger partial charge in [-0.2, -0.15) is 5.10 Å². The van der Waals surface area contributed by atoms with Gasteiger partial charge in [0.25, 0.3) is 0 Å². The van der Waals surface area contributed by atoms with Gasteiger partial charge in [0.1, 0.15) is 5.82 Å². The molecule has 5 nitrogen and oxygen atoms in total. The minimum absolute atomic E-state index is 0.743. The molecular formula is C18H25N5. The van der Waals surface area contributed by atoms with Gasteiger partial charge in [-0.25, -0.2) is 9.97 Å². The number of fused-ring (bicyclic) bond motifs is 1. The molecule has 1 saturated heterocycles. The molecule has 23 heavy (non-hydrogen) atoms. The van der Waals surface area contributed by atoms with Gasteiger partial charge in [0.15, 0.2) is 0 Å². The minimum atomic E-state index is 0.743. The summed E-state index contributed by atoms with van der Waals surface area (Å²) in [6, 6.07) is 4.04. The zero-order valence-corrected chi connectivity index (χ0v) is 13.8. The molecule has 0 aromatic carbocycles. The lowest BCUT2D eigenvalue weighted by molar-refractivity contribution is 0.194. The molecule has 0 bridgehead atoms. The van der Waals surface area contributed by atoms with Crippen LogP contribution in [0.4, 0.5) is 0 Å². The van der Waals surface area contributed by atoms with Gasteiger partial charge < -0.3 is 0 Å². The largest absolute Gasteiger partial charge is 0.297 e. The fourth-order valence-electron chi connectivity index (χ4n) is 4.52. The molecule has 0 amide bonds. The van der Waals surface area contributed by atoms with Gasteiger partial charge in [0, 0.05) is 51.7 Å². The van der Waals surface area contributed by atoms with Crippen LogP contribution in [0.1, 0.15) is 30.8 Å². The van der Waals surface area contributed by atoms with Crippen LogP contribution < -0.4 is 0 Å². The fourth-order valence-corrected chi connectivity index (χ4v) is 4.52. The Bertz CT molecular complexity index is 638. The molecule has 3 atom stereocenters. The first-order valence-electron chi connectivity index (χ1n) is 8.75. The first-order chi connectivity index (χ1) is 11.3. The zero-order chi connectivity index (χ0) is 15.6. The van der Waals surface area contributed by atoms with Crippen LogP contribution in [0.3, 0.4) is 0 Å². The predicted octanol–water partition coefficient (Wildman–Crippen LogP) is 2.30. The molecule has 1 aliphatic carbocycles. The molecule has 2 aliphatic rings. The molecule has 5 heteroatoms. The summed E-state index contributed by atoms with van der Waals surface area (Å²) in [5, 5.41) is 4.29. The molecule has 2 fully saturated rings. The van der Waals surface area contributed by atoms with Crippen molar-refractivity contribution in [3.63, 3.8) is 0 Å². The second kappa shape index (κ2) is 6.40. The van der Waals surface area contributed by atoms with Crippen molar-refractivity contribution in [2.45, 2.75) is 32.2 Å². The average molecular weight is 311 g/mol. The van der Waals surface area contributed by atoms with E-state index < -0.39 is 0 Å². The lowest BCUT2D eigenvalue weighted by Crippen LogP contribution is -2.29. The van der Waals surface area contributed by atoms with Gasteiger partial charge in [0.2, 0.25) is 0 Å². The van der Waals surface area contributed by atoms with Crippen LogP contribution in [0.25, 0.3) is 0 Å². The number of likely N-dealkylation sites (tertiary alicyclic amines) is 1. The van der Waals surface area contributed by atoms with Crippen LogP contribution >= 0.6 is 0 Å². The first kappa shape index (κ1) is 14.8. The van der Waals surface area contributed by atoms with Crippen LogP contribution in [0.15, 0.2) is 30.7 Å². The topological polar surface area (TPSA) is 46.8 Å². The normalized spacial score (nSPS) is 28.0. The second-order valence-electron chi connectivity index (χ2n) is 7.12. The van der Waals surface area contributed by atoms with E-state index in [9.17, 15) is 0 Å². The molecule has 0 spiro atoms. The second-order valence-corrected chi connectivity index (χ2v) is 7.12. The van der Waals surface area contributed by atoms with Gasteiger partial charge >= 0.3 is 0 Å². The summed E-state index contributed by atoms with van der Waals surface area (Å²) in [6.07, 6.45) is 10.8. The monoisotopic (exact) mass is 311 g/mol. The molecule has 3 heterocycles. The smallest absolute Gasteiger partial charge is 0.128 e. The lowest BCUT2D eigenvalue weighted by Gasteiger charge is -2.32. The van der Waals surface area contributed by atoms with Crippen LogP contribution in [0, 0.1) is 17.8 Å². The Morgan fingerprint density at radius 2 is 2.00 bits per heavy atom. The van der Waals surface area contributed by atoms with Crippen molar-refractivity contribution >= 4 is 0 Å². The molecule has 0 unspecified atom stereocenters. The molecule has 1 aliphatic heterocycles. The van der Waals surface area contributed by atoms with Gasteiger partial charge in [0.05, 0.1) is 5.69 Å². The third-order valence-corrected chi connectivity index (χ3v) is 5.69. The van der Waals surface area contributed by atoms with E-state index in [1.165, 1.54) is 38.0 Å². The molecule has 4 rings (SSSR count). The van der Waals surface area contributed by atoms with E-state index in [4.69, 9.17) is 0 Å². The van der Waals surface area contributed by atoms with Crippen molar-refractivity contribution in [1.82, 2.24) is 24.6 Å². The predicted molar refractivity (Wildman–Crippen MR) is 88.5 cm³/mol. The number of aryl methyl sites for hydroxylation is 1. The summed E-state index contributed by atoms with van der Waals surface area (Å²) >= 11 is 0. The fraction of sp³-hybridized carbons (Fsp3) is 0.611. The van der Waals surface area contributed by atoms with Crippen LogP contribution in [-0.4, -0.2) is 37.7 Å². The maximum atomic E-state index is 4.44. The molecule has 0 radical (unpaired) electrons. The van der Waals surface area contributed by atoms with Crippen molar-refractivity contribution in [2.24, 2.45) is 24.8 Å². The SMILES string of the molecule is Cn1nccc1CN1C[C@H]2CCC[C@H](Cc3ncccn3)[C@H]2C1. The van der Waals surface area contributed by atoms with E-state index >= 15 is 0 Å². The Morgan fingerprint density at radius 1 is 1.13 bits per heavy atom. The first-order valence-corrected chi connectivity index (χ1v) is 8.75. The Balaban J connectivity index is 1.43. The number of aromatic nitrogens is 4. The van der Waals surface area contributed by atoms with E-state index in [0.29, 0.717) is 0 Å². The highest BCUT2D eigenvalue weighted by Crippen LogP contribution is 2.41. The van der Waals surface area contributed by atoms with Crippen LogP contribution in [0.2, 0.25) is 0 Å². The molecule has 1 saturated carbocycles. The van der Waals surface area contributed by atoms with Crippen molar-refractivity contribution in [3.8, 4) is 0 Å². The van der Waals surface area contributed by atoms with E-state index in [-0.39, 0.29) is 0 Å².